The number of ether oxygens (including phenoxy) is 2. The zero-order valence-corrected chi connectivity index (χ0v) is 25.1. The minimum absolute atomic E-state index is 0.0605. The van der Waals surface area contributed by atoms with Crippen LogP contribution in [0.15, 0.2) is 78.9 Å². The Balaban J connectivity index is 2.09. The van der Waals surface area contributed by atoms with Crippen molar-refractivity contribution in [1.29, 1.82) is 0 Å². The SMILES string of the molecule is CCC(C)NC(=O)C(Cc1ccccc1)N(Cc1cccc(OC)c1)C(=O)CN(c1ccccc1OC)S(C)(=O)=O. The lowest BCUT2D eigenvalue weighted by atomic mass is 10.0. The summed E-state index contributed by atoms with van der Waals surface area (Å²) in [5.74, 6) is 0.0535. The second-order valence-corrected chi connectivity index (χ2v) is 11.7. The maximum Gasteiger partial charge on any atom is 0.244 e. The van der Waals surface area contributed by atoms with Crippen LogP contribution in [0, 0.1) is 0 Å². The standard InChI is InChI=1S/C31H39N3O6S/c1-6-23(2)32-31(36)28(20-24-13-8-7-9-14-24)33(21-25-15-12-16-26(19-25)39-3)30(35)22-34(41(5,37)38)27-17-10-11-18-29(27)40-4/h7-19,23,28H,6,20-22H2,1-5H3,(H,32,36). The molecule has 3 aromatic rings. The highest BCUT2D eigenvalue weighted by Gasteiger charge is 2.34. The summed E-state index contributed by atoms with van der Waals surface area (Å²) in [6.45, 7) is 3.41. The van der Waals surface area contributed by atoms with Crippen LogP contribution in [0.25, 0.3) is 0 Å². The molecule has 9 nitrogen and oxygen atoms in total. The molecule has 2 amide bonds. The minimum Gasteiger partial charge on any atom is -0.497 e. The van der Waals surface area contributed by atoms with Gasteiger partial charge >= 0.3 is 0 Å². The third-order valence-electron chi connectivity index (χ3n) is 6.79. The van der Waals surface area contributed by atoms with Gasteiger partial charge in [0.1, 0.15) is 24.1 Å². The van der Waals surface area contributed by atoms with Crippen molar-refractivity contribution in [1.82, 2.24) is 10.2 Å². The number of amides is 2. The Kier molecular flexibility index (Phi) is 11.2. The van der Waals surface area contributed by atoms with E-state index in [4.69, 9.17) is 9.47 Å². The Labute approximate surface area is 243 Å². The molecule has 10 heteroatoms. The number of benzene rings is 3. The minimum atomic E-state index is -3.91. The predicted octanol–water partition coefficient (Wildman–Crippen LogP) is 4.02. The van der Waals surface area contributed by atoms with Crippen molar-refractivity contribution < 1.29 is 27.5 Å². The topological polar surface area (TPSA) is 105 Å². The maximum absolute atomic E-state index is 14.2. The molecule has 0 aromatic heterocycles. The number of nitrogens with one attached hydrogen (secondary N) is 1. The number of nitrogens with zero attached hydrogens (tertiary/aromatic N) is 2. The summed E-state index contributed by atoms with van der Waals surface area (Å²) in [6.07, 6.45) is 1.99. The van der Waals surface area contributed by atoms with Crippen LogP contribution in [0.2, 0.25) is 0 Å². The number of carbonyl (C=O) groups excluding carboxylic acids is 2. The van der Waals surface area contributed by atoms with Gasteiger partial charge in [0.05, 0.1) is 26.2 Å². The summed E-state index contributed by atoms with van der Waals surface area (Å²) in [5, 5.41) is 3.02. The van der Waals surface area contributed by atoms with Crippen molar-refractivity contribution in [3.05, 3.63) is 90.0 Å². The smallest absolute Gasteiger partial charge is 0.244 e. The van der Waals surface area contributed by atoms with E-state index in [1.807, 2.05) is 50.2 Å². The number of hydrogen-bond acceptors (Lipinski definition) is 6. The third kappa shape index (κ3) is 8.72. The number of sulfonamides is 1. The van der Waals surface area contributed by atoms with Gasteiger partial charge in [-0.1, -0.05) is 61.5 Å². The fraction of sp³-hybridized carbons (Fsp3) is 0.355. The zero-order valence-electron chi connectivity index (χ0n) is 24.2. The molecule has 220 valence electrons. The quantitative estimate of drug-likeness (QED) is 0.308. The Hall–Kier alpha value is -4.05. The zero-order chi connectivity index (χ0) is 30.0. The number of anilines is 1. The first-order valence-corrected chi connectivity index (χ1v) is 15.3. The molecule has 1 N–H and O–H groups in total. The first kappa shape index (κ1) is 31.5. The molecule has 0 radical (unpaired) electrons. The predicted molar refractivity (Wildman–Crippen MR) is 161 cm³/mol. The van der Waals surface area contributed by atoms with E-state index in [0.29, 0.717) is 17.9 Å². The Bertz CT molecular complexity index is 1410. The second-order valence-electron chi connectivity index (χ2n) is 9.84. The van der Waals surface area contributed by atoms with Crippen LogP contribution < -0.4 is 19.1 Å². The summed E-state index contributed by atoms with van der Waals surface area (Å²) >= 11 is 0. The molecule has 0 saturated carbocycles. The van der Waals surface area contributed by atoms with Crippen LogP contribution in [0.4, 0.5) is 5.69 Å². The summed E-state index contributed by atoms with van der Waals surface area (Å²) < 4.78 is 37.8. The number of rotatable bonds is 14. The largest absolute Gasteiger partial charge is 0.497 e. The molecule has 3 rings (SSSR count). The van der Waals surface area contributed by atoms with E-state index in [0.717, 1.165) is 21.7 Å². The van der Waals surface area contributed by atoms with Gasteiger partial charge in [0.25, 0.3) is 0 Å². The molecule has 0 bridgehead atoms. The summed E-state index contributed by atoms with van der Waals surface area (Å²) in [6, 6.07) is 22.2. The first-order chi connectivity index (χ1) is 19.6. The average molecular weight is 582 g/mol. The maximum atomic E-state index is 14.2. The van der Waals surface area contributed by atoms with E-state index in [9.17, 15) is 18.0 Å². The molecular formula is C31H39N3O6S. The normalized spacial score (nSPS) is 12.6. The van der Waals surface area contributed by atoms with Crippen molar-refractivity contribution in [3.63, 3.8) is 0 Å². The highest BCUT2D eigenvalue weighted by Crippen LogP contribution is 2.30. The molecule has 0 aliphatic heterocycles. The van der Waals surface area contributed by atoms with Crippen LogP contribution in [0.3, 0.4) is 0 Å². The molecule has 0 aliphatic rings. The van der Waals surface area contributed by atoms with E-state index in [1.54, 1.807) is 49.6 Å². The lowest BCUT2D eigenvalue weighted by Crippen LogP contribution is -2.54. The van der Waals surface area contributed by atoms with Gasteiger partial charge < -0.3 is 19.7 Å². The van der Waals surface area contributed by atoms with E-state index in [-0.39, 0.29) is 30.6 Å². The van der Waals surface area contributed by atoms with E-state index >= 15 is 0 Å². The van der Waals surface area contributed by atoms with Crippen molar-refractivity contribution >= 4 is 27.5 Å². The van der Waals surface area contributed by atoms with Crippen molar-refractivity contribution in [2.24, 2.45) is 0 Å². The van der Waals surface area contributed by atoms with Gasteiger partial charge in [0, 0.05) is 19.0 Å². The molecule has 0 spiro atoms. The van der Waals surface area contributed by atoms with Crippen LogP contribution in [-0.4, -0.2) is 64.2 Å². The average Bonchev–Trinajstić information content (AvgIpc) is 2.97. The van der Waals surface area contributed by atoms with E-state index in [1.165, 1.54) is 12.0 Å². The van der Waals surface area contributed by atoms with Crippen LogP contribution in [0.5, 0.6) is 11.5 Å². The van der Waals surface area contributed by atoms with Crippen LogP contribution in [-0.2, 0) is 32.6 Å². The van der Waals surface area contributed by atoms with E-state index in [2.05, 4.69) is 5.32 Å². The molecule has 0 heterocycles. The lowest BCUT2D eigenvalue weighted by molar-refractivity contribution is -0.140. The van der Waals surface area contributed by atoms with Gasteiger partial charge in [0.15, 0.2) is 0 Å². The molecule has 41 heavy (non-hydrogen) atoms. The number of para-hydroxylation sites is 2. The van der Waals surface area contributed by atoms with Gasteiger partial charge in [-0.3, -0.25) is 13.9 Å². The number of hydrogen-bond donors (Lipinski definition) is 1. The highest BCUT2D eigenvalue weighted by atomic mass is 32.2. The van der Waals surface area contributed by atoms with Crippen molar-refractivity contribution in [2.45, 2.75) is 45.3 Å². The third-order valence-corrected chi connectivity index (χ3v) is 7.92. The Morgan fingerprint density at radius 3 is 2.20 bits per heavy atom. The molecule has 3 aromatic carbocycles. The van der Waals surface area contributed by atoms with E-state index < -0.39 is 28.5 Å². The van der Waals surface area contributed by atoms with Crippen molar-refractivity contribution in [2.75, 3.05) is 31.3 Å². The van der Waals surface area contributed by atoms with Gasteiger partial charge in [0.2, 0.25) is 21.8 Å². The first-order valence-electron chi connectivity index (χ1n) is 13.4. The number of carbonyl (C=O) groups is 2. The van der Waals surface area contributed by atoms with Gasteiger partial charge in [-0.15, -0.1) is 0 Å². The summed E-state index contributed by atoms with van der Waals surface area (Å²) in [5.41, 5.74) is 1.83. The van der Waals surface area contributed by atoms with Crippen LogP contribution >= 0.6 is 0 Å². The molecule has 2 unspecified atom stereocenters. The van der Waals surface area contributed by atoms with Crippen LogP contribution in [0.1, 0.15) is 31.4 Å². The fourth-order valence-electron chi connectivity index (χ4n) is 4.39. The summed E-state index contributed by atoms with van der Waals surface area (Å²) in [7, 11) is -0.917. The highest BCUT2D eigenvalue weighted by molar-refractivity contribution is 7.92. The fourth-order valence-corrected chi connectivity index (χ4v) is 5.25. The molecule has 0 aliphatic carbocycles. The Morgan fingerprint density at radius 2 is 1.56 bits per heavy atom. The molecular weight excluding hydrogens is 542 g/mol. The Morgan fingerprint density at radius 1 is 0.902 bits per heavy atom. The van der Waals surface area contributed by atoms with Gasteiger partial charge in [-0.05, 0) is 48.7 Å². The monoisotopic (exact) mass is 581 g/mol. The summed E-state index contributed by atoms with van der Waals surface area (Å²) in [4.78, 5) is 29.4. The molecule has 0 fully saturated rings. The van der Waals surface area contributed by atoms with Crippen molar-refractivity contribution in [3.8, 4) is 11.5 Å². The number of methoxy groups -OCH3 is 2. The van der Waals surface area contributed by atoms with Gasteiger partial charge in [-0.25, -0.2) is 8.42 Å². The molecule has 2 atom stereocenters. The van der Waals surface area contributed by atoms with Gasteiger partial charge in [-0.2, -0.15) is 0 Å². The lowest BCUT2D eigenvalue weighted by Gasteiger charge is -2.34. The molecule has 0 saturated heterocycles. The second kappa shape index (κ2) is 14.5.